The molecule has 2 aliphatic rings. The van der Waals surface area contributed by atoms with Gasteiger partial charge in [0.2, 0.25) is 10.0 Å². The first-order chi connectivity index (χ1) is 16.4. The molecule has 2 aliphatic heterocycles. The number of rotatable bonds is 7. The molecule has 0 radical (unpaired) electrons. The largest absolute Gasteiger partial charge is 0.384 e. The summed E-state index contributed by atoms with van der Waals surface area (Å²) >= 11 is 13.1. The number of aromatic nitrogens is 3. The van der Waals surface area contributed by atoms with Gasteiger partial charge in [-0.05, 0) is 38.2 Å². The lowest BCUT2D eigenvalue weighted by Crippen LogP contribution is -2.42. The van der Waals surface area contributed by atoms with Crippen LogP contribution in [0, 0.1) is 0 Å². The van der Waals surface area contributed by atoms with Crippen LogP contribution in [0.25, 0.3) is 22.0 Å². The SMILES string of the molecule is COCCS(=O)(=O)NC1CCc2c(-c3cnn(C4CCCCO4)c3)c3ccc(Cl)c(Cl)c3n2C1. The summed E-state index contributed by atoms with van der Waals surface area (Å²) in [6, 6.07) is 3.55. The number of hydrogen-bond donors (Lipinski definition) is 1. The van der Waals surface area contributed by atoms with Gasteiger partial charge in [0, 0.05) is 54.7 Å². The van der Waals surface area contributed by atoms with Crippen molar-refractivity contribution in [2.45, 2.75) is 50.9 Å². The molecule has 2 atom stereocenters. The third-order valence-electron chi connectivity index (χ3n) is 6.60. The van der Waals surface area contributed by atoms with E-state index in [1.807, 2.05) is 23.1 Å². The van der Waals surface area contributed by atoms with Gasteiger partial charge in [0.05, 0.1) is 34.1 Å². The Bertz CT molecular complexity index is 1300. The normalized spacial score (nSPS) is 21.1. The van der Waals surface area contributed by atoms with Crippen molar-refractivity contribution in [3.05, 3.63) is 40.3 Å². The first kappa shape index (κ1) is 24.1. The lowest BCUT2D eigenvalue weighted by molar-refractivity contribution is -0.0394. The minimum atomic E-state index is -3.45. The molecule has 0 amide bonds. The van der Waals surface area contributed by atoms with Gasteiger partial charge in [-0.25, -0.2) is 17.8 Å². The molecule has 0 spiro atoms. The van der Waals surface area contributed by atoms with Crippen LogP contribution in [0.2, 0.25) is 10.0 Å². The molecule has 1 aromatic carbocycles. The van der Waals surface area contributed by atoms with E-state index in [0.717, 1.165) is 53.6 Å². The molecule has 11 heteroatoms. The van der Waals surface area contributed by atoms with E-state index in [0.29, 0.717) is 29.4 Å². The van der Waals surface area contributed by atoms with Gasteiger partial charge in [-0.3, -0.25) is 0 Å². The predicted octanol–water partition coefficient (Wildman–Crippen LogP) is 4.39. The number of nitrogens with one attached hydrogen (secondary N) is 1. The van der Waals surface area contributed by atoms with E-state index >= 15 is 0 Å². The second-order valence-corrected chi connectivity index (χ2v) is 11.5. The van der Waals surface area contributed by atoms with Gasteiger partial charge >= 0.3 is 0 Å². The Kier molecular flexibility index (Phi) is 6.94. The van der Waals surface area contributed by atoms with Crippen molar-refractivity contribution in [2.75, 3.05) is 26.1 Å². The zero-order valence-corrected chi connectivity index (χ0v) is 21.3. The molecule has 2 unspecified atom stereocenters. The van der Waals surface area contributed by atoms with E-state index in [1.54, 1.807) is 6.07 Å². The van der Waals surface area contributed by atoms with Crippen LogP contribution in [0.3, 0.4) is 0 Å². The van der Waals surface area contributed by atoms with Crippen molar-refractivity contribution in [3.63, 3.8) is 0 Å². The maximum atomic E-state index is 12.5. The van der Waals surface area contributed by atoms with Crippen LogP contribution in [-0.2, 0) is 32.5 Å². The van der Waals surface area contributed by atoms with E-state index in [2.05, 4.69) is 14.4 Å². The van der Waals surface area contributed by atoms with Crippen molar-refractivity contribution >= 4 is 44.1 Å². The van der Waals surface area contributed by atoms with E-state index in [-0.39, 0.29) is 24.6 Å². The molecule has 184 valence electrons. The summed E-state index contributed by atoms with van der Waals surface area (Å²) in [5, 5.41) is 6.52. The Morgan fingerprint density at radius 1 is 1.26 bits per heavy atom. The average Bonchev–Trinajstić information content (AvgIpc) is 3.43. The van der Waals surface area contributed by atoms with Gasteiger partial charge in [-0.1, -0.05) is 29.3 Å². The lowest BCUT2D eigenvalue weighted by Gasteiger charge is -2.27. The molecule has 0 aliphatic carbocycles. The van der Waals surface area contributed by atoms with Gasteiger partial charge in [0.1, 0.15) is 6.23 Å². The van der Waals surface area contributed by atoms with Crippen LogP contribution in [0.15, 0.2) is 24.5 Å². The van der Waals surface area contributed by atoms with Crippen LogP contribution in [0.1, 0.15) is 37.6 Å². The van der Waals surface area contributed by atoms with Crippen LogP contribution >= 0.6 is 23.2 Å². The molecule has 1 fully saturated rings. The number of fused-ring (bicyclic) bond motifs is 3. The molecule has 5 rings (SSSR count). The number of ether oxygens (including phenoxy) is 2. The predicted molar refractivity (Wildman–Crippen MR) is 133 cm³/mol. The molecule has 0 bridgehead atoms. The Balaban J connectivity index is 1.53. The van der Waals surface area contributed by atoms with Crippen LogP contribution in [-0.4, -0.2) is 54.9 Å². The third kappa shape index (κ3) is 4.62. The van der Waals surface area contributed by atoms with Crippen molar-refractivity contribution in [3.8, 4) is 11.1 Å². The number of benzene rings is 1. The van der Waals surface area contributed by atoms with Crippen LogP contribution in [0.5, 0.6) is 0 Å². The van der Waals surface area contributed by atoms with Crippen molar-refractivity contribution in [2.24, 2.45) is 0 Å². The van der Waals surface area contributed by atoms with Crippen LogP contribution < -0.4 is 4.72 Å². The van der Waals surface area contributed by atoms with E-state index < -0.39 is 10.0 Å². The Hall–Kier alpha value is -1.62. The topological polar surface area (TPSA) is 87.4 Å². The smallest absolute Gasteiger partial charge is 0.214 e. The summed E-state index contributed by atoms with van der Waals surface area (Å²) in [4.78, 5) is 0. The Morgan fingerprint density at radius 2 is 2.12 bits per heavy atom. The highest BCUT2D eigenvalue weighted by Gasteiger charge is 2.30. The van der Waals surface area contributed by atoms with E-state index in [4.69, 9.17) is 32.7 Å². The summed E-state index contributed by atoms with van der Waals surface area (Å²) in [5.41, 5.74) is 3.99. The number of halogens is 2. The third-order valence-corrected chi connectivity index (χ3v) is 8.79. The van der Waals surface area contributed by atoms with Gasteiger partial charge in [0.15, 0.2) is 0 Å². The molecule has 1 N–H and O–H groups in total. The van der Waals surface area contributed by atoms with Gasteiger partial charge in [-0.2, -0.15) is 5.10 Å². The van der Waals surface area contributed by atoms with Crippen molar-refractivity contribution in [1.82, 2.24) is 19.1 Å². The quantitative estimate of drug-likeness (QED) is 0.493. The molecule has 4 heterocycles. The number of hydrogen-bond acceptors (Lipinski definition) is 5. The van der Waals surface area contributed by atoms with Gasteiger partial charge in [-0.15, -0.1) is 0 Å². The highest BCUT2D eigenvalue weighted by Crippen LogP contribution is 2.43. The van der Waals surface area contributed by atoms with Crippen molar-refractivity contribution in [1.29, 1.82) is 0 Å². The summed E-state index contributed by atoms with van der Waals surface area (Å²) in [5.74, 6) is -0.0699. The highest BCUT2D eigenvalue weighted by atomic mass is 35.5. The summed E-state index contributed by atoms with van der Waals surface area (Å²) in [6.07, 6.45) is 8.39. The molecular formula is C23H28Cl2N4O4S. The molecule has 0 saturated carbocycles. The molecule has 8 nitrogen and oxygen atoms in total. The second kappa shape index (κ2) is 9.79. The zero-order valence-electron chi connectivity index (χ0n) is 19.0. The minimum Gasteiger partial charge on any atom is -0.384 e. The molecule has 1 saturated heterocycles. The second-order valence-electron chi connectivity index (χ2n) is 8.89. The van der Waals surface area contributed by atoms with E-state index in [9.17, 15) is 8.42 Å². The molecule has 2 aromatic heterocycles. The lowest BCUT2D eigenvalue weighted by atomic mass is 9.99. The molecular weight excluding hydrogens is 499 g/mol. The monoisotopic (exact) mass is 526 g/mol. The first-order valence-electron chi connectivity index (χ1n) is 11.5. The standard InChI is InChI=1S/C23H28Cl2N4O4S/c1-32-10-11-34(30,31)27-16-5-8-19-21(15-12-26-29(13-15)20-4-2-3-9-33-20)17-6-7-18(24)22(25)23(17)28(19)14-16/h6-7,12-13,16,20,27H,2-5,8-11,14H2,1H3. The van der Waals surface area contributed by atoms with Gasteiger partial charge < -0.3 is 14.0 Å². The molecule has 34 heavy (non-hydrogen) atoms. The summed E-state index contributed by atoms with van der Waals surface area (Å²) < 4.78 is 42.6. The number of nitrogens with zero attached hydrogens (tertiary/aromatic N) is 3. The zero-order chi connectivity index (χ0) is 23.9. The maximum absolute atomic E-state index is 12.5. The maximum Gasteiger partial charge on any atom is 0.214 e. The van der Waals surface area contributed by atoms with Gasteiger partial charge in [0.25, 0.3) is 0 Å². The first-order valence-corrected chi connectivity index (χ1v) is 13.9. The fourth-order valence-corrected chi connectivity index (χ4v) is 6.62. The van der Waals surface area contributed by atoms with E-state index in [1.165, 1.54) is 7.11 Å². The summed E-state index contributed by atoms with van der Waals surface area (Å²) in [7, 11) is -1.96. The van der Waals surface area contributed by atoms with Crippen LogP contribution in [0.4, 0.5) is 0 Å². The highest BCUT2D eigenvalue weighted by molar-refractivity contribution is 7.89. The Labute approximate surface area is 209 Å². The fraction of sp³-hybridized carbons (Fsp3) is 0.522. The summed E-state index contributed by atoms with van der Waals surface area (Å²) in [6.45, 7) is 1.37. The fourth-order valence-electron chi connectivity index (χ4n) is 5.00. The minimum absolute atomic E-state index is 0.0453. The number of methoxy groups -OCH3 is 1. The molecule has 3 aromatic rings. The number of sulfonamides is 1. The average molecular weight is 527 g/mol. The Morgan fingerprint density at radius 3 is 2.88 bits per heavy atom. The van der Waals surface area contributed by atoms with Crippen molar-refractivity contribution < 1.29 is 17.9 Å².